The number of para-hydroxylation sites is 2. The van der Waals surface area contributed by atoms with E-state index >= 15 is 0 Å². The average molecular weight is 472 g/mol. The number of thiazole rings is 1. The molecule has 4 heterocycles. The zero-order chi connectivity index (χ0) is 23.0. The van der Waals surface area contributed by atoms with Crippen LogP contribution >= 0.6 is 11.3 Å². The zero-order valence-corrected chi connectivity index (χ0v) is 18.2. The Hall–Kier alpha value is -3.47. The molecule has 1 fully saturated rings. The van der Waals surface area contributed by atoms with E-state index in [9.17, 15) is 18.0 Å². The molecule has 0 spiro atoms. The second-order valence-corrected chi connectivity index (χ2v) is 8.37. The highest BCUT2D eigenvalue weighted by Crippen LogP contribution is 2.29. The summed E-state index contributed by atoms with van der Waals surface area (Å²) in [7, 11) is 0. The molecule has 1 aliphatic rings. The topological polar surface area (TPSA) is 67.2 Å². The van der Waals surface area contributed by atoms with Crippen molar-refractivity contribution in [2.45, 2.75) is 12.7 Å². The third-order valence-corrected chi connectivity index (χ3v) is 6.23. The van der Waals surface area contributed by atoms with Crippen LogP contribution in [0.5, 0.6) is 0 Å². The van der Waals surface area contributed by atoms with Crippen molar-refractivity contribution in [2.24, 2.45) is 0 Å². The maximum absolute atomic E-state index is 13.1. The number of imidazole rings is 1. The molecule has 1 aromatic carbocycles. The predicted molar refractivity (Wildman–Crippen MR) is 119 cm³/mol. The summed E-state index contributed by atoms with van der Waals surface area (Å²) in [4.78, 5) is 29.8. The van der Waals surface area contributed by atoms with Gasteiger partial charge in [0.05, 0.1) is 22.1 Å². The highest BCUT2D eigenvalue weighted by molar-refractivity contribution is 7.07. The van der Waals surface area contributed by atoms with Crippen molar-refractivity contribution in [3.05, 3.63) is 59.0 Å². The number of fused-ring (bicyclic) bond motifs is 1. The van der Waals surface area contributed by atoms with Gasteiger partial charge in [-0.05, 0) is 24.3 Å². The van der Waals surface area contributed by atoms with E-state index in [1.165, 1.54) is 17.4 Å². The molecule has 7 nitrogen and oxygen atoms in total. The monoisotopic (exact) mass is 472 g/mol. The number of aromatic nitrogens is 4. The Morgan fingerprint density at radius 3 is 2.48 bits per heavy atom. The van der Waals surface area contributed by atoms with E-state index in [4.69, 9.17) is 0 Å². The summed E-state index contributed by atoms with van der Waals surface area (Å²) < 4.78 is 40.2. The Kier molecular flexibility index (Phi) is 5.49. The van der Waals surface area contributed by atoms with E-state index in [-0.39, 0.29) is 12.5 Å². The Morgan fingerprint density at radius 1 is 1.03 bits per heavy atom. The number of piperazine rings is 1. The van der Waals surface area contributed by atoms with Gasteiger partial charge >= 0.3 is 6.18 Å². The highest BCUT2D eigenvalue weighted by atomic mass is 32.1. The molecule has 11 heteroatoms. The molecule has 1 amide bonds. The molecule has 0 aliphatic carbocycles. The molecule has 5 rings (SSSR count). The second-order valence-electron chi connectivity index (χ2n) is 7.65. The van der Waals surface area contributed by atoms with Crippen molar-refractivity contribution < 1.29 is 18.0 Å². The first-order chi connectivity index (χ1) is 15.9. The predicted octanol–water partition coefficient (Wildman–Crippen LogP) is 3.92. The highest BCUT2D eigenvalue weighted by Gasteiger charge is 2.31. The summed E-state index contributed by atoms with van der Waals surface area (Å²) >= 11 is 1.47. The number of nitrogens with zero attached hydrogens (tertiary/aromatic N) is 6. The molecule has 0 unspecified atom stereocenters. The minimum absolute atomic E-state index is 0.0466. The van der Waals surface area contributed by atoms with Crippen LogP contribution in [-0.2, 0) is 17.5 Å². The number of benzene rings is 1. The lowest BCUT2D eigenvalue weighted by molar-refractivity contribution is -0.138. The van der Waals surface area contributed by atoms with Gasteiger partial charge in [-0.15, -0.1) is 11.3 Å². The Bertz CT molecular complexity index is 1260. The molecule has 0 bridgehead atoms. The summed E-state index contributed by atoms with van der Waals surface area (Å²) in [6, 6.07) is 10.1. The van der Waals surface area contributed by atoms with Crippen LogP contribution in [0.4, 0.5) is 19.0 Å². The number of alkyl halides is 3. The summed E-state index contributed by atoms with van der Waals surface area (Å²) in [5.74, 6) is 1.08. The molecular formula is C22H19F3N6OS. The van der Waals surface area contributed by atoms with Crippen LogP contribution in [-0.4, -0.2) is 56.5 Å². The normalized spacial score (nSPS) is 14.8. The summed E-state index contributed by atoms with van der Waals surface area (Å²) in [5.41, 5.74) is 3.34. The summed E-state index contributed by atoms with van der Waals surface area (Å²) in [6.45, 7) is 2.04. The standard InChI is InChI=1S/C22H19F3N6OS/c23-22(24,25)15-5-6-19(26-11-15)29-7-9-30(10-8-29)20(32)12-31-18-4-2-1-3-16(18)28-21(31)17-13-33-14-27-17/h1-6,11,13-14H,7-10,12H2. The van der Waals surface area contributed by atoms with Crippen LogP contribution in [0, 0.1) is 0 Å². The molecule has 1 saturated heterocycles. The Morgan fingerprint density at radius 2 is 1.82 bits per heavy atom. The average Bonchev–Trinajstić information content (AvgIpc) is 3.47. The second kappa shape index (κ2) is 8.47. The molecular weight excluding hydrogens is 453 g/mol. The zero-order valence-electron chi connectivity index (χ0n) is 17.4. The maximum Gasteiger partial charge on any atom is 0.417 e. The van der Waals surface area contributed by atoms with Gasteiger partial charge in [0.25, 0.3) is 0 Å². The molecule has 4 aromatic rings. The molecule has 3 aromatic heterocycles. The summed E-state index contributed by atoms with van der Waals surface area (Å²) in [6.07, 6.45) is -3.57. The van der Waals surface area contributed by atoms with Crippen molar-refractivity contribution in [2.75, 3.05) is 31.1 Å². The molecule has 1 aliphatic heterocycles. The van der Waals surface area contributed by atoms with Gasteiger partial charge in [0.1, 0.15) is 18.1 Å². The van der Waals surface area contributed by atoms with Crippen LogP contribution in [0.15, 0.2) is 53.5 Å². The van der Waals surface area contributed by atoms with Gasteiger partial charge in [0, 0.05) is 37.8 Å². The van der Waals surface area contributed by atoms with E-state index in [1.807, 2.05) is 39.1 Å². The van der Waals surface area contributed by atoms with Gasteiger partial charge in [-0.3, -0.25) is 4.79 Å². The number of hydrogen-bond donors (Lipinski definition) is 0. The Labute approximate surface area is 191 Å². The number of amides is 1. The lowest BCUT2D eigenvalue weighted by atomic mass is 10.2. The van der Waals surface area contributed by atoms with Crippen molar-refractivity contribution in [3.63, 3.8) is 0 Å². The smallest absolute Gasteiger partial charge is 0.353 e. The van der Waals surface area contributed by atoms with Crippen molar-refractivity contribution in [1.29, 1.82) is 0 Å². The van der Waals surface area contributed by atoms with E-state index in [0.717, 1.165) is 29.0 Å². The van der Waals surface area contributed by atoms with E-state index < -0.39 is 11.7 Å². The number of anilines is 1. The molecule has 0 atom stereocenters. The number of carbonyl (C=O) groups is 1. The van der Waals surface area contributed by atoms with E-state index in [1.54, 1.807) is 10.4 Å². The number of pyridine rings is 1. The van der Waals surface area contributed by atoms with Gasteiger partial charge in [0.15, 0.2) is 5.82 Å². The first-order valence-electron chi connectivity index (χ1n) is 10.3. The molecule has 0 N–H and O–H groups in total. The lowest BCUT2D eigenvalue weighted by Gasteiger charge is -2.35. The fourth-order valence-electron chi connectivity index (χ4n) is 3.92. The molecule has 0 radical (unpaired) electrons. The van der Waals surface area contributed by atoms with Crippen LogP contribution in [0.25, 0.3) is 22.6 Å². The molecule has 170 valence electrons. The van der Waals surface area contributed by atoms with Crippen LogP contribution in [0.1, 0.15) is 5.56 Å². The van der Waals surface area contributed by atoms with E-state index in [0.29, 0.717) is 37.8 Å². The first kappa shape index (κ1) is 21.4. The fourth-order valence-corrected chi connectivity index (χ4v) is 4.45. The fraction of sp³-hybridized carbons (Fsp3) is 0.273. The maximum atomic E-state index is 13.1. The number of halogens is 3. The van der Waals surface area contributed by atoms with Crippen molar-refractivity contribution >= 4 is 34.1 Å². The van der Waals surface area contributed by atoms with E-state index in [2.05, 4.69) is 15.0 Å². The summed E-state index contributed by atoms with van der Waals surface area (Å²) in [5, 5.41) is 1.90. The molecule has 33 heavy (non-hydrogen) atoms. The van der Waals surface area contributed by atoms with Crippen LogP contribution < -0.4 is 4.90 Å². The minimum Gasteiger partial charge on any atom is -0.353 e. The minimum atomic E-state index is -4.41. The van der Waals surface area contributed by atoms with Gasteiger partial charge in [0.2, 0.25) is 5.91 Å². The quantitative estimate of drug-likeness (QED) is 0.451. The van der Waals surface area contributed by atoms with Gasteiger partial charge in [-0.1, -0.05) is 12.1 Å². The lowest BCUT2D eigenvalue weighted by Crippen LogP contribution is -2.49. The third-order valence-electron chi connectivity index (χ3n) is 5.64. The molecule has 0 saturated carbocycles. The van der Waals surface area contributed by atoms with Gasteiger partial charge in [-0.25, -0.2) is 15.0 Å². The van der Waals surface area contributed by atoms with Gasteiger partial charge in [-0.2, -0.15) is 13.2 Å². The third kappa shape index (κ3) is 4.28. The van der Waals surface area contributed by atoms with Crippen molar-refractivity contribution in [1.82, 2.24) is 24.4 Å². The largest absolute Gasteiger partial charge is 0.417 e. The number of hydrogen-bond acceptors (Lipinski definition) is 6. The van der Waals surface area contributed by atoms with Crippen molar-refractivity contribution in [3.8, 4) is 11.5 Å². The SMILES string of the molecule is O=C(Cn1c(-c2cscn2)nc2ccccc21)N1CCN(c2ccc(C(F)(F)F)cn2)CC1. The van der Waals surface area contributed by atoms with Gasteiger partial charge < -0.3 is 14.4 Å². The van der Waals surface area contributed by atoms with Crippen LogP contribution in [0.3, 0.4) is 0 Å². The van der Waals surface area contributed by atoms with Crippen LogP contribution in [0.2, 0.25) is 0 Å². The number of carbonyl (C=O) groups excluding carboxylic acids is 1. The Balaban J connectivity index is 1.29. The first-order valence-corrected chi connectivity index (χ1v) is 11.2. The number of rotatable bonds is 4.